The molecular weight excluding hydrogens is 294 g/mol. The molecule has 6 heteroatoms. The quantitative estimate of drug-likeness (QED) is 0.750. The van der Waals surface area contributed by atoms with Crippen LogP contribution < -0.4 is 9.64 Å². The third kappa shape index (κ3) is 2.03. The Bertz CT molecular complexity index is 932. The van der Waals surface area contributed by atoms with E-state index in [0.29, 0.717) is 22.8 Å². The molecule has 1 aliphatic rings. The molecule has 0 fully saturated rings. The zero-order valence-electron chi connectivity index (χ0n) is 12.7. The van der Waals surface area contributed by atoms with Crippen molar-refractivity contribution >= 4 is 17.2 Å². The number of nitrogens with zero attached hydrogens (tertiary/aromatic N) is 3. The summed E-state index contributed by atoms with van der Waals surface area (Å²) in [5.41, 5.74) is 2.78. The van der Waals surface area contributed by atoms with E-state index in [0.717, 1.165) is 5.56 Å². The lowest BCUT2D eigenvalue weighted by molar-refractivity contribution is -0.125. The van der Waals surface area contributed by atoms with Gasteiger partial charge in [-0.15, -0.1) is 0 Å². The maximum absolute atomic E-state index is 12.1. The number of hydrogen-bond donors (Lipinski definition) is 1. The lowest BCUT2D eigenvalue weighted by Crippen LogP contribution is -2.41. The Labute approximate surface area is 132 Å². The van der Waals surface area contributed by atoms with E-state index in [1.807, 2.05) is 30.6 Å². The van der Waals surface area contributed by atoms with Crippen LogP contribution in [0.1, 0.15) is 6.92 Å². The molecule has 0 spiro atoms. The fourth-order valence-corrected chi connectivity index (χ4v) is 2.81. The van der Waals surface area contributed by atoms with Gasteiger partial charge in [0.15, 0.2) is 17.5 Å². The first kappa shape index (κ1) is 13.6. The van der Waals surface area contributed by atoms with E-state index >= 15 is 0 Å². The van der Waals surface area contributed by atoms with Gasteiger partial charge in [0.05, 0.1) is 11.4 Å². The van der Waals surface area contributed by atoms with Crippen molar-refractivity contribution < 1.29 is 14.6 Å². The summed E-state index contributed by atoms with van der Waals surface area (Å²) < 4.78 is 7.39. The summed E-state index contributed by atoms with van der Waals surface area (Å²) in [5.74, 6) is 0.721. The minimum Gasteiger partial charge on any atom is -0.504 e. The molecule has 1 unspecified atom stereocenters. The van der Waals surface area contributed by atoms with Crippen LogP contribution >= 0.6 is 0 Å². The second kappa shape index (κ2) is 4.74. The van der Waals surface area contributed by atoms with Crippen molar-refractivity contribution in [3.8, 4) is 22.8 Å². The van der Waals surface area contributed by atoms with E-state index in [1.165, 1.54) is 0 Å². The van der Waals surface area contributed by atoms with Crippen molar-refractivity contribution in [3.05, 3.63) is 42.7 Å². The smallest absolute Gasteiger partial charge is 0.267 e. The molecular formula is C17H15N3O3. The highest BCUT2D eigenvalue weighted by Gasteiger charge is 2.29. The number of amides is 1. The van der Waals surface area contributed by atoms with Gasteiger partial charge in [-0.3, -0.25) is 4.79 Å². The highest BCUT2D eigenvalue weighted by molar-refractivity contribution is 6.00. The third-order valence-corrected chi connectivity index (χ3v) is 4.06. The largest absolute Gasteiger partial charge is 0.504 e. The van der Waals surface area contributed by atoms with Crippen LogP contribution in [0.15, 0.2) is 42.7 Å². The Morgan fingerprint density at radius 2 is 2.13 bits per heavy atom. The summed E-state index contributed by atoms with van der Waals surface area (Å²) in [5, 5.41) is 9.87. The van der Waals surface area contributed by atoms with E-state index in [1.54, 1.807) is 35.4 Å². The highest BCUT2D eigenvalue weighted by atomic mass is 16.5. The first-order valence-electron chi connectivity index (χ1n) is 7.30. The predicted octanol–water partition coefficient (Wildman–Crippen LogP) is 2.45. The summed E-state index contributed by atoms with van der Waals surface area (Å²) in [4.78, 5) is 18.1. The fraction of sp³-hybridized carbons (Fsp3) is 0.176. The van der Waals surface area contributed by atoms with Crippen LogP contribution in [-0.2, 0) is 4.79 Å². The standard InChI is InChI=1S/C17H15N3O3/c1-10-17(22)19(2)13-8-11(5-6-15(13)23-10)12-9-20-7-3-4-14(21)16(20)18-12/h3-10,21H,1-2H3. The molecule has 0 aliphatic carbocycles. The number of ether oxygens (including phenoxy) is 1. The summed E-state index contributed by atoms with van der Waals surface area (Å²) in [7, 11) is 1.74. The first-order chi connectivity index (χ1) is 11.0. The lowest BCUT2D eigenvalue weighted by Gasteiger charge is -2.30. The summed E-state index contributed by atoms with van der Waals surface area (Å²) >= 11 is 0. The van der Waals surface area contributed by atoms with Gasteiger partial charge in [-0.2, -0.15) is 0 Å². The number of aromatic nitrogens is 2. The van der Waals surface area contributed by atoms with Crippen LogP contribution in [0.4, 0.5) is 5.69 Å². The van der Waals surface area contributed by atoms with Crippen LogP contribution in [0.5, 0.6) is 11.5 Å². The number of carbonyl (C=O) groups is 1. The molecule has 23 heavy (non-hydrogen) atoms. The van der Waals surface area contributed by atoms with E-state index < -0.39 is 6.10 Å². The molecule has 4 rings (SSSR count). The molecule has 1 aliphatic heterocycles. The van der Waals surface area contributed by atoms with Gasteiger partial charge in [0, 0.05) is 25.0 Å². The maximum Gasteiger partial charge on any atom is 0.267 e. The van der Waals surface area contributed by atoms with E-state index in [-0.39, 0.29) is 11.7 Å². The van der Waals surface area contributed by atoms with Crippen LogP contribution in [0.3, 0.4) is 0 Å². The average Bonchev–Trinajstić information content (AvgIpc) is 2.98. The van der Waals surface area contributed by atoms with E-state index in [4.69, 9.17) is 4.74 Å². The van der Waals surface area contributed by atoms with Crippen molar-refractivity contribution in [2.24, 2.45) is 0 Å². The van der Waals surface area contributed by atoms with Crippen LogP contribution in [0.25, 0.3) is 16.9 Å². The van der Waals surface area contributed by atoms with Crippen molar-refractivity contribution in [3.63, 3.8) is 0 Å². The summed E-state index contributed by atoms with van der Waals surface area (Å²) in [6.07, 6.45) is 3.18. The van der Waals surface area contributed by atoms with E-state index in [9.17, 15) is 9.90 Å². The van der Waals surface area contributed by atoms with Crippen molar-refractivity contribution in [1.82, 2.24) is 9.38 Å². The number of carbonyl (C=O) groups excluding carboxylic acids is 1. The molecule has 1 atom stereocenters. The molecule has 2 aromatic heterocycles. The number of likely N-dealkylation sites (N-methyl/N-ethyl adjacent to an activating group) is 1. The molecule has 0 saturated carbocycles. The number of fused-ring (bicyclic) bond motifs is 2. The Kier molecular flexibility index (Phi) is 2.81. The molecule has 0 saturated heterocycles. The zero-order chi connectivity index (χ0) is 16.1. The molecule has 116 valence electrons. The number of hydrogen-bond acceptors (Lipinski definition) is 4. The Balaban J connectivity index is 1.83. The van der Waals surface area contributed by atoms with Gasteiger partial charge in [-0.05, 0) is 37.3 Å². The number of anilines is 1. The van der Waals surface area contributed by atoms with Gasteiger partial charge < -0.3 is 19.1 Å². The Morgan fingerprint density at radius 1 is 1.30 bits per heavy atom. The Hall–Kier alpha value is -3.02. The van der Waals surface area contributed by atoms with Gasteiger partial charge in [-0.1, -0.05) is 0 Å². The van der Waals surface area contributed by atoms with Gasteiger partial charge in [0.25, 0.3) is 5.91 Å². The molecule has 3 heterocycles. The number of pyridine rings is 1. The SMILES string of the molecule is CC1Oc2ccc(-c3cn4cccc(O)c4n3)cc2N(C)C1=O. The van der Waals surface area contributed by atoms with Crippen molar-refractivity contribution in [1.29, 1.82) is 0 Å². The van der Waals surface area contributed by atoms with Gasteiger partial charge in [0.1, 0.15) is 5.75 Å². The molecule has 0 radical (unpaired) electrons. The lowest BCUT2D eigenvalue weighted by atomic mass is 10.1. The number of rotatable bonds is 1. The molecule has 1 amide bonds. The van der Waals surface area contributed by atoms with Gasteiger partial charge in [-0.25, -0.2) is 4.98 Å². The minimum absolute atomic E-state index is 0.0812. The fourth-order valence-electron chi connectivity index (χ4n) is 2.81. The van der Waals surface area contributed by atoms with Crippen molar-refractivity contribution in [2.75, 3.05) is 11.9 Å². The Morgan fingerprint density at radius 3 is 2.91 bits per heavy atom. The second-order valence-corrected chi connectivity index (χ2v) is 5.59. The topological polar surface area (TPSA) is 67.1 Å². The van der Waals surface area contributed by atoms with Gasteiger partial charge in [0.2, 0.25) is 0 Å². The van der Waals surface area contributed by atoms with Crippen LogP contribution in [-0.4, -0.2) is 33.6 Å². The molecule has 6 nitrogen and oxygen atoms in total. The summed E-state index contributed by atoms with van der Waals surface area (Å²) in [6.45, 7) is 1.74. The zero-order valence-corrected chi connectivity index (χ0v) is 12.7. The minimum atomic E-state index is -0.481. The second-order valence-electron chi connectivity index (χ2n) is 5.59. The summed E-state index contributed by atoms with van der Waals surface area (Å²) in [6, 6.07) is 8.96. The predicted molar refractivity (Wildman–Crippen MR) is 85.8 cm³/mol. The average molecular weight is 309 g/mol. The normalized spacial score (nSPS) is 17.2. The molecule has 1 N–H and O–H groups in total. The van der Waals surface area contributed by atoms with Crippen LogP contribution in [0, 0.1) is 0 Å². The van der Waals surface area contributed by atoms with Crippen molar-refractivity contribution in [2.45, 2.75) is 13.0 Å². The maximum atomic E-state index is 12.1. The third-order valence-electron chi connectivity index (χ3n) is 4.06. The molecule has 0 bridgehead atoms. The molecule has 3 aromatic rings. The first-order valence-corrected chi connectivity index (χ1v) is 7.30. The molecule has 1 aromatic carbocycles. The number of benzene rings is 1. The number of aromatic hydroxyl groups is 1. The van der Waals surface area contributed by atoms with Crippen LogP contribution in [0.2, 0.25) is 0 Å². The van der Waals surface area contributed by atoms with Gasteiger partial charge >= 0.3 is 0 Å². The highest BCUT2D eigenvalue weighted by Crippen LogP contribution is 2.36. The number of imidazole rings is 1. The van der Waals surface area contributed by atoms with E-state index in [2.05, 4.69) is 4.98 Å². The monoisotopic (exact) mass is 309 g/mol.